The van der Waals surface area contributed by atoms with E-state index >= 15 is 0 Å². The van der Waals surface area contributed by atoms with Gasteiger partial charge in [-0.25, -0.2) is 22.6 Å². The maximum Gasteiger partial charge on any atom is 0.404 e. The van der Waals surface area contributed by atoms with E-state index in [-0.39, 0.29) is 24.3 Å². The topological polar surface area (TPSA) is 111 Å². The highest BCUT2D eigenvalue weighted by molar-refractivity contribution is 7.92. The van der Waals surface area contributed by atoms with Crippen molar-refractivity contribution in [2.75, 3.05) is 39.7 Å². The molecule has 15 heteroatoms. The van der Waals surface area contributed by atoms with Crippen LogP contribution in [0.15, 0.2) is 24.4 Å². The number of aromatic nitrogens is 2. The smallest absolute Gasteiger partial charge is 0.351 e. The Morgan fingerprint density at radius 1 is 1.15 bits per heavy atom. The summed E-state index contributed by atoms with van der Waals surface area (Å²) in [5, 5.41) is 3.39. The zero-order valence-electron chi connectivity index (χ0n) is 22.7. The van der Waals surface area contributed by atoms with Crippen LogP contribution in [0, 0.1) is 5.82 Å². The molecule has 1 aliphatic carbocycles. The number of hydrogen-bond donors (Lipinski definition) is 2. The Labute approximate surface area is 230 Å². The first-order valence-electron chi connectivity index (χ1n) is 12.9. The van der Waals surface area contributed by atoms with Crippen LogP contribution < -0.4 is 19.8 Å². The highest BCUT2D eigenvalue weighted by Crippen LogP contribution is 2.34. The number of nitrogens with one attached hydrogen (secondary N) is 2. The van der Waals surface area contributed by atoms with Gasteiger partial charge in [-0.15, -0.1) is 0 Å². The fourth-order valence-electron chi connectivity index (χ4n) is 5.01. The summed E-state index contributed by atoms with van der Waals surface area (Å²) in [6.45, 7) is 3.63. The number of sulfonamides is 1. The molecule has 220 valence electrons. The minimum absolute atomic E-state index is 0.0181. The number of alkyl halides is 3. The second-order valence-corrected chi connectivity index (χ2v) is 12.4. The molecule has 10 nitrogen and oxygen atoms in total. The maximum atomic E-state index is 14.8. The number of benzene rings is 1. The summed E-state index contributed by atoms with van der Waals surface area (Å²) in [4.78, 5) is 27.6. The molecule has 2 aliphatic rings. The molecule has 0 atom stereocenters. The number of fused-ring (bicyclic) bond motifs is 1. The van der Waals surface area contributed by atoms with Crippen LogP contribution in [0.25, 0.3) is 0 Å². The van der Waals surface area contributed by atoms with Crippen molar-refractivity contribution in [3.05, 3.63) is 35.8 Å². The fraction of sp³-hybridized carbons (Fsp3) is 0.560. The van der Waals surface area contributed by atoms with E-state index < -0.39 is 39.5 Å². The second-order valence-electron chi connectivity index (χ2n) is 10.6. The van der Waals surface area contributed by atoms with Crippen molar-refractivity contribution in [1.82, 2.24) is 14.9 Å². The molecule has 1 aliphatic heterocycles. The van der Waals surface area contributed by atoms with E-state index in [9.17, 15) is 30.8 Å². The molecule has 2 amide bonds. The van der Waals surface area contributed by atoms with Crippen LogP contribution in [0.2, 0.25) is 0 Å². The van der Waals surface area contributed by atoms with Crippen LogP contribution in [-0.4, -0.2) is 73.5 Å². The number of nitrogens with zero attached hydrogens (tertiary/aromatic N) is 5. The van der Waals surface area contributed by atoms with Gasteiger partial charge in [-0.1, -0.05) is 0 Å². The van der Waals surface area contributed by atoms with Gasteiger partial charge in [-0.3, -0.25) is 14.5 Å². The van der Waals surface area contributed by atoms with E-state index in [1.165, 1.54) is 15.9 Å². The van der Waals surface area contributed by atoms with Crippen molar-refractivity contribution in [1.29, 1.82) is 0 Å². The number of urea groups is 1. The van der Waals surface area contributed by atoms with Gasteiger partial charge in [-0.2, -0.15) is 18.2 Å². The summed E-state index contributed by atoms with van der Waals surface area (Å²) in [7, 11) is -0.717. The number of hydrogen-bond acceptors (Lipinski definition) is 7. The Bertz CT molecular complexity index is 1350. The number of carbonyl (C=O) groups excluding carboxylic acids is 1. The predicted octanol–water partition coefficient (Wildman–Crippen LogP) is 4.56. The van der Waals surface area contributed by atoms with Crippen LogP contribution in [-0.2, 0) is 16.6 Å². The molecule has 0 saturated heterocycles. The average molecular weight is 588 g/mol. The predicted molar refractivity (Wildman–Crippen MR) is 144 cm³/mol. The molecule has 0 bridgehead atoms. The van der Waals surface area contributed by atoms with Crippen molar-refractivity contribution in [2.24, 2.45) is 0 Å². The normalized spacial score (nSPS) is 20.2. The first-order valence-corrected chi connectivity index (χ1v) is 14.5. The van der Waals surface area contributed by atoms with Crippen molar-refractivity contribution in [2.45, 2.75) is 70.4 Å². The number of amides is 2. The zero-order chi connectivity index (χ0) is 29.4. The molecule has 2 N–H and O–H groups in total. The summed E-state index contributed by atoms with van der Waals surface area (Å²) in [6, 6.07) is 3.10. The third-order valence-corrected chi connectivity index (χ3v) is 8.23. The first kappa shape index (κ1) is 29.8. The Balaban J connectivity index is 1.53. The van der Waals surface area contributed by atoms with Gasteiger partial charge in [0.15, 0.2) is 5.75 Å². The molecular weight excluding hydrogens is 554 g/mol. The van der Waals surface area contributed by atoms with Crippen LogP contribution in [0.4, 0.5) is 45.5 Å². The van der Waals surface area contributed by atoms with E-state index in [2.05, 4.69) is 34.3 Å². The molecule has 0 unspecified atom stereocenters. The summed E-state index contributed by atoms with van der Waals surface area (Å²) in [5.74, 6) is -2.42. The SMILES string of the molecule is CC(C)N1C(=O)N(c2ccc(NS(=O)(=O)CC(F)(F)F)c(F)c2)Cc2cnc(NC3CCC(N(C)C)CC3)nc21. The molecule has 1 saturated carbocycles. The molecule has 2 aromatic rings. The molecule has 4 rings (SSSR count). The lowest BCUT2D eigenvalue weighted by Gasteiger charge is -2.38. The van der Waals surface area contributed by atoms with E-state index in [4.69, 9.17) is 0 Å². The van der Waals surface area contributed by atoms with Crippen LogP contribution in [0.1, 0.15) is 45.1 Å². The maximum absolute atomic E-state index is 14.8. The first-order chi connectivity index (χ1) is 18.6. The molecule has 0 radical (unpaired) electrons. The lowest BCUT2D eigenvalue weighted by molar-refractivity contribution is -0.106. The van der Waals surface area contributed by atoms with Crippen LogP contribution in [0.5, 0.6) is 0 Å². The fourth-order valence-corrected chi connectivity index (χ4v) is 6.01. The minimum atomic E-state index is -4.99. The van der Waals surface area contributed by atoms with Crippen molar-refractivity contribution >= 4 is 39.2 Å². The standard InChI is InChI=1S/C25H33F4N7O3S/c1-15(2)36-22-16(12-30-23(32-22)31-17-5-7-18(8-6-17)34(3)4)13-35(24(36)37)19-9-10-21(20(26)11-19)33-40(38,39)14-25(27,28)29/h9-12,15,17-18,33H,5-8,13-14H2,1-4H3,(H,30,31,32). The molecule has 2 heterocycles. The highest BCUT2D eigenvalue weighted by atomic mass is 32.2. The Hall–Kier alpha value is -3.20. The molecule has 1 fully saturated rings. The third-order valence-electron chi connectivity index (χ3n) is 7.00. The van der Waals surface area contributed by atoms with Gasteiger partial charge in [0.1, 0.15) is 11.6 Å². The Morgan fingerprint density at radius 3 is 2.40 bits per heavy atom. The number of halogens is 4. The highest BCUT2D eigenvalue weighted by Gasteiger charge is 2.37. The molecule has 0 spiro atoms. The molecule has 40 heavy (non-hydrogen) atoms. The average Bonchev–Trinajstić information content (AvgIpc) is 2.83. The summed E-state index contributed by atoms with van der Waals surface area (Å²) < 4.78 is 77.5. The number of anilines is 4. The molecule has 1 aromatic carbocycles. The third kappa shape index (κ3) is 6.92. The van der Waals surface area contributed by atoms with Gasteiger partial charge in [0.25, 0.3) is 0 Å². The van der Waals surface area contributed by atoms with E-state index in [0.29, 0.717) is 23.4 Å². The quantitative estimate of drug-likeness (QED) is 0.436. The van der Waals surface area contributed by atoms with Gasteiger partial charge in [0.05, 0.1) is 12.2 Å². The van der Waals surface area contributed by atoms with Crippen molar-refractivity contribution in [3.8, 4) is 0 Å². The Kier molecular flexibility index (Phi) is 8.45. The monoisotopic (exact) mass is 587 g/mol. The molecular formula is C25H33F4N7O3S. The zero-order valence-corrected chi connectivity index (χ0v) is 23.5. The van der Waals surface area contributed by atoms with Crippen LogP contribution >= 0.6 is 0 Å². The summed E-state index contributed by atoms with van der Waals surface area (Å²) in [5.41, 5.74) is 0.0557. The number of carbonyl (C=O) groups is 1. The number of rotatable bonds is 8. The van der Waals surface area contributed by atoms with Gasteiger partial charge in [0, 0.05) is 35.6 Å². The largest absolute Gasteiger partial charge is 0.404 e. The van der Waals surface area contributed by atoms with Gasteiger partial charge in [-0.05, 0) is 71.8 Å². The van der Waals surface area contributed by atoms with Crippen LogP contribution in [0.3, 0.4) is 0 Å². The van der Waals surface area contributed by atoms with Gasteiger partial charge in [0.2, 0.25) is 16.0 Å². The van der Waals surface area contributed by atoms with E-state index in [0.717, 1.165) is 37.8 Å². The van der Waals surface area contributed by atoms with Crippen molar-refractivity contribution in [3.63, 3.8) is 0 Å². The molecule has 1 aromatic heterocycles. The second kappa shape index (κ2) is 11.4. The van der Waals surface area contributed by atoms with E-state index in [1.54, 1.807) is 10.9 Å². The van der Waals surface area contributed by atoms with E-state index in [1.807, 2.05) is 13.8 Å². The Morgan fingerprint density at radius 2 is 1.82 bits per heavy atom. The lowest BCUT2D eigenvalue weighted by Crippen LogP contribution is -2.51. The van der Waals surface area contributed by atoms with Gasteiger partial charge < -0.3 is 10.2 Å². The van der Waals surface area contributed by atoms with Crippen molar-refractivity contribution < 1.29 is 30.8 Å². The van der Waals surface area contributed by atoms with Gasteiger partial charge >= 0.3 is 12.2 Å². The minimum Gasteiger partial charge on any atom is -0.351 e. The summed E-state index contributed by atoms with van der Waals surface area (Å²) in [6.07, 6.45) is 0.677. The lowest BCUT2D eigenvalue weighted by atomic mass is 9.91. The summed E-state index contributed by atoms with van der Waals surface area (Å²) >= 11 is 0.